The number of hydrogen-bond acceptors (Lipinski definition) is 2. The quantitative estimate of drug-likeness (QED) is 0.680. The molecule has 0 aromatic heterocycles. The van der Waals surface area contributed by atoms with E-state index in [4.69, 9.17) is 0 Å². The maximum Gasteiger partial charge on any atom is 0.223 e. The molecule has 0 radical (unpaired) electrons. The number of carbonyl (C=O) groups is 2. The van der Waals surface area contributed by atoms with Gasteiger partial charge in [-0.2, -0.15) is 0 Å². The zero-order valence-corrected chi connectivity index (χ0v) is 12.8. The van der Waals surface area contributed by atoms with Crippen molar-refractivity contribution in [1.29, 1.82) is 0 Å². The van der Waals surface area contributed by atoms with E-state index in [1.165, 1.54) is 0 Å². The zero-order chi connectivity index (χ0) is 15.0. The van der Waals surface area contributed by atoms with E-state index in [0.717, 1.165) is 31.5 Å². The number of ketones is 1. The minimum Gasteiger partial charge on any atom is -0.343 e. The van der Waals surface area contributed by atoms with Crippen LogP contribution < -0.4 is 0 Å². The van der Waals surface area contributed by atoms with Crippen LogP contribution in [0, 0.1) is 6.92 Å². The van der Waals surface area contributed by atoms with Crippen molar-refractivity contribution in [3.8, 4) is 0 Å². The lowest BCUT2D eigenvalue weighted by Crippen LogP contribution is -2.31. The van der Waals surface area contributed by atoms with Gasteiger partial charge in [-0.1, -0.05) is 43.2 Å². The molecule has 1 aromatic carbocycles. The normalized spacial score (nSPS) is 10.3. The van der Waals surface area contributed by atoms with E-state index >= 15 is 0 Å². The van der Waals surface area contributed by atoms with E-state index in [9.17, 15) is 9.59 Å². The molecule has 20 heavy (non-hydrogen) atoms. The van der Waals surface area contributed by atoms with Crippen LogP contribution in [-0.2, 0) is 4.79 Å². The van der Waals surface area contributed by atoms with E-state index in [0.29, 0.717) is 18.4 Å². The molecule has 3 nitrogen and oxygen atoms in total. The van der Waals surface area contributed by atoms with E-state index in [2.05, 4.69) is 6.92 Å². The molecule has 0 saturated heterocycles. The number of nitrogens with zero attached hydrogens (tertiary/aromatic N) is 1. The van der Waals surface area contributed by atoms with E-state index in [1.54, 1.807) is 0 Å². The topological polar surface area (TPSA) is 37.4 Å². The van der Waals surface area contributed by atoms with Crippen LogP contribution in [0.5, 0.6) is 0 Å². The summed E-state index contributed by atoms with van der Waals surface area (Å²) in [5.41, 5.74) is 1.83. The van der Waals surface area contributed by atoms with Crippen LogP contribution in [0.2, 0.25) is 0 Å². The van der Waals surface area contributed by atoms with E-state index in [-0.39, 0.29) is 11.7 Å². The molecular weight excluding hydrogens is 250 g/mol. The first-order valence-corrected chi connectivity index (χ1v) is 7.46. The van der Waals surface area contributed by atoms with Crippen LogP contribution in [0.25, 0.3) is 0 Å². The van der Waals surface area contributed by atoms with Crippen molar-refractivity contribution >= 4 is 11.7 Å². The highest BCUT2D eigenvalue weighted by molar-refractivity contribution is 5.97. The summed E-state index contributed by atoms with van der Waals surface area (Å²) < 4.78 is 0. The van der Waals surface area contributed by atoms with Gasteiger partial charge in [-0.15, -0.1) is 0 Å². The van der Waals surface area contributed by atoms with Gasteiger partial charge < -0.3 is 4.90 Å². The first-order valence-electron chi connectivity index (χ1n) is 7.46. The van der Waals surface area contributed by atoms with Crippen molar-refractivity contribution in [3.05, 3.63) is 35.4 Å². The minimum absolute atomic E-state index is 0.0462. The Morgan fingerprint density at radius 2 is 1.70 bits per heavy atom. The van der Waals surface area contributed by atoms with Crippen molar-refractivity contribution in [1.82, 2.24) is 4.90 Å². The molecule has 1 amide bonds. The molecule has 0 aliphatic rings. The molecule has 0 atom stereocenters. The molecule has 0 aliphatic heterocycles. The highest BCUT2D eigenvalue weighted by Crippen LogP contribution is 2.09. The highest BCUT2D eigenvalue weighted by atomic mass is 16.2. The molecule has 0 aliphatic carbocycles. The number of aryl methyl sites for hydroxylation is 1. The first-order chi connectivity index (χ1) is 9.58. The summed E-state index contributed by atoms with van der Waals surface area (Å²) in [5, 5.41) is 0. The lowest BCUT2D eigenvalue weighted by atomic mass is 10.0. The monoisotopic (exact) mass is 275 g/mol. The number of benzene rings is 1. The lowest BCUT2D eigenvalue weighted by Gasteiger charge is -2.20. The molecule has 0 saturated carbocycles. The van der Waals surface area contributed by atoms with Crippen LogP contribution >= 0.6 is 0 Å². The molecule has 1 rings (SSSR count). The number of carbonyl (C=O) groups excluding carboxylic acids is 2. The van der Waals surface area contributed by atoms with Crippen LogP contribution in [0.4, 0.5) is 0 Å². The van der Waals surface area contributed by atoms with Gasteiger partial charge in [0.05, 0.1) is 0 Å². The second-order valence-corrected chi connectivity index (χ2v) is 5.12. The van der Waals surface area contributed by atoms with Gasteiger partial charge in [-0.25, -0.2) is 0 Å². The van der Waals surface area contributed by atoms with Crippen molar-refractivity contribution in [2.75, 3.05) is 13.1 Å². The SMILES string of the molecule is CCCCN(CC)C(=O)CCC(=O)c1ccc(C)cc1. The molecule has 0 bridgehead atoms. The van der Waals surface area contributed by atoms with Gasteiger partial charge in [0, 0.05) is 31.5 Å². The summed E-state index contributed by atoms with van der Waals surface area (Å²) in [5.74, 6) is 0.131. The number of Topliss-reactive ketones (excluding diaryl/α,β-unsaturated/α-hetero) is 1. The van der Waals surface area contributed by atoms with Gasteiger partial charge in [0.25, 0.3) is 0 Å². The molecule has 0 fully saturated rings. The Hall–Kier alpha value is -1.64. The Bertz CT molecular complexity index is 437. The maximum atomic E-state index is 12.0. The third-order valence-electron chi connectivity index (χ3n) is 3.46. The van der Waals surface area contributed by atoms with E-state index < -0.39 is 0 Å². The van der Waals surface area contributed by atoms with Gasteiger partial charge in [-0.05, 0) is 20.3 Å². The van der Waals surface area contributed by atoms with Crippen LogP contribution in [0.15, 0.2) is 24.3 Å². The van der Waals surface area contributed by atoms with Gasteiger partial charge in [0.1, 0.15) is 0 Å². The highest BCUT2D eigenvalue weighted by Gasteiger charge is 2.13. The zero-order valence-electron chi connectivity index (χ0n) is 12.8. The molecule has 0 unspecified atom stereocenters. The number of hydrogen-bond donors (Lipinski definition) is 0. The molecule has 0 heterocycles. The van der Waals surface area contributed by atoms with Gasteiger partial charge in [0.2, 0.25) is 5.91 Å². The average Bonchev–Trinajstić information content (AvgIpc) is 2.46. The molecule has 3 heteroatoms. The van der Waals surface area contributed by atoms with Gasteiger partial charge in [0.15, 0.2) is 5.78 Å². The lowest BCUT2D eigenvalue weighted by molar-refractivity contribution is -0.131. The first kappa shape index (κ1) is 16.4. The smallest absolute Gasteiger partial charge is 0.223 e. The van der Waals surface area contributed by atoms with Crippen LogP contribution in [0.3, 0.4) is 0 Å². The largest absolute Gasteiger partial charge is 0.343 e. The Labute approximate surface area is 122 Å². The number of unbranched alkanes of at least 4 members (excludes halogenated alkanes) is 1. The Kier molecular flexibility index (Phi) is 6.99. The van der Waals surface area contributed by atoms with Crippen LogP contribution in [-0.4, -0.2) is 29.7 Å². The average molecular weight is 275 g/mol. The van der Waals surface area contributed by atoms with Gasteiger partial charge in [-0.3, -0.25) is 9.59 Å². The Balaban J connectivity index is 2.47. The van der Waals surface area contributed by atoms with Crippen LogP contribution in [0.1, 0.15) is 55.5 Å². The summed E-state index contributed by atoms with van der Waals surface area (Å²) in [6.07, 6.45) is 2.70. The number of rotatable bonds is 8. The third kappa shape index (κ3) is 5.16. The second kappa shape index (κ2) is 8.51. The van der Waals surface area contributed by atoms with Crippen molar-refractivity contribution in [2.45, 2.75) is 46.5 Å². The standard InChI is InChI=1S/C17H25NO2/c1-4-6-13-18(5-2)17(20)12-11-16(19)15-9-7-14(3)8-10-15/h7-10H,4-6,11-13H2,1-3H3. The van der Waals surface area contributed by atoms with Crippen molar-refractivity contribution in [2.24, 2.45) is 0 Å². The summed E-state index contributed by atoms with van der Waals surface area (Å²) in [6.45, 7) is 7.60. The Morgan fingerprint density at radius 1 is 1.05 bits per heavy atom. The van der Waals surface area contributed by atoms with Crippen molar-refractivity contribution < 1.29 is 9.59 Å². The number of amides is 1. The van der Waals surface area contributed by atoms with E-state index in [1.807, 2.05) is 43.0 Å². The summed E-state index contributed by atoms with van der Waals surface area (Å²) in [4.78, 5) is 25.9. The molecule has 0 spiro atoms. The fourth-order valence-corrected chi connectivity index (χ4v) is 2.07. The summed E-state index contributed by atoms with van der Waals surface area (Å²) in [6, 6.07) is 7.51. The maximum absolute atomic E-state index is 12.0. The molecular formula is C17H25NO2. The molecule has 1 aromatic rings. The predicted molar refractivity (Wildman–Crippen MR) is 81.9 cm³/mol. The molecule has 110 valence electrons. The third-order valence-corrected chi connectivity index (χ3v) is 3.46. The summed E-state index contributed by atoms with van der Waals surface area (Å²) >= 11 is 0. The summed E-state index contributed by atoms with van der Waals surface area (Å²) in [7, 11) is 0. The minimum atomic E-state index is 0.0462. The fraction of sp³-hybridized carbons (Fsp3) is 0.529. The predicted octanol–water partition coefficient (Wildman–Crippen LogP) is 3.61. The Morgan fingerprint density at radius 3 is 2.25 bits per heavy atom. The van der Waals surface area contributed by atoms with Crippen molar-refractivity contribution in [3.63, 3.8) is 0 Å². The molecule has 0 N–H and O–H groups in total. The van der Waals surface area contributed by atoms with Gasteiger partial charge >= 0.3 is 0 Å². The second-order valence-electron chi connectivity index (χ2n) is 5.12. The fourth-order valence-electron chi connectivity index (χ4n) is 2.07.